The van der Waals surface area contributed by atoms with Crippen molar-refractivity contribution in [2.45, 2.75) is 303 Å². The molecule has 0 N–H and O–H groups in total. The Bertz CT molecular complexity index is 1000. The van der Waals surface area contributed by atoms with Crippen LogP contribution in [0.5, 0.6) is 0 Å². The van der Waals surface area contributed by atoms with Gasteiger partial charge >= 0.3 is 17.9 Å². The predicted molar refractivity (Wildman–Crippen MR) is 266 cm³/mol. The van der Waals surface area contributed by atoms with Gasteiger partial charge in [0, 0.05) is 19.3 Å². The predicted octanol–water partition coefficient (Wildman–Crippen LogP) is 17.9. The molecule has 62 heavy (non-hydrogen) atoms. The molecule has 0 spiro atoms. The minimum atomic E-state index is -0.764. The molecule has 0 rings (SSSR count). The highest BCUT2D eigenvalue weighted by Gasteiger charge is 2.19. The van der Waals surface area contributed by atoms with E-state index in [-0.39, 0.29) is 31.1 Å². The van der Waals surface area contributed by atoms with Gasteiger partial charge in [0.1, 0.15) is 13.2 Å². The van der Waals surface area contributed by atoms with Crippen LogP contribution in [0.15, 0.2) is 24.3 Å². The molecule has 0 aliphatic rings. The molecule has 6 heteroatoms. The molecule has 6 nitrogen and oxygen atoms in total. The van der Waals surface area contributed by atoms with Crippen LogP contribution in [0, 0.1) is 0 Å². The summed E-state index contributed by atoms with van der Waals surface area (Å²) in [5.74, 6) is -0.857. The maximum Gasteiger partial charge on any atom is 0.306 e. The highest BCUT2D eigenvalue weighted by atomic mass is 16.6. The Morgan fingerprint density at radius 2 is 0.581 bits per heavy atom. The third-order valence-electron chi connectivity index (χ3n) is 12.2. The van der Waals surface area contributed by atoms with Crippen molar-refractivity contribution in [2.24, 2.45) is 0 Å². The summed E-state index contributed by atoms with van der Waals surface area (Å²) >= 11 is 0. The smallest absolute Gasteiger partial charge is 0.306 e. The van der Waals surface area contributed by atoms with E-state index < -0.39 is 6.10 Å². The van der Waals surface area contributed by atoms with Gasteiger partial charge in [-0.2, -0.15) is 0 Å². The van der Waals surface area contributed by atoms with Crippen molar-refractivity contribution in [3.63, 3.8) is 0 Å². The first kappa shape index (κ1) is 59.9. The molecule has 1 atom stereocenters. The Morgan fingerprint density at radius 1 is 0.323 bits per heavy atom. The maximum absolute atomic E-state index is 12.8. The minimum Gasteiger partial charge on any atom is -0.462 e. The summed E-state index contributed by atoms with van der Waals surface area (Å²) in [5.41, 5.74) is 0. The Kier molecular flexibility index (Phi) is 49.8. The normalized spacial score (nSPS) is 12.1. The summed E-state index contributed by atoms with van der Waals surface area (Å²) in [6, 6.07) is 0. The molecule has 0 aromatic carbocycles. The van der Waals surface area contributed by atoms with E-state index in [0.717, 1.165) is 64.2 Å². The average Bonchev–Trinajstić information content (AvgIpc) is 3.27. The van der Waals surface area contributed by atoms with E-state index in [1.54, 1.807) is 0 Å². The number of carbonyl (C=O) groups excluding carboxylic acids is 3. The zero-order chi connectivity index (χ0) is 45.1. The summed E-state index contributed by atoms with van der Waals surface area (Å²) < 4.78 is 16.8. The Balaban J connectivity index is 4.17. The van der Waals surface area contributed by atoms with Crippen molar-refractivity contribution in [3.05, 3.63) is 24.3 Å². The van der Waals surface area contributed by atoms with Gasteiger partial charge in [-0.15, -0.1) is 0 Å². The zero-order valence-electron chi connectivity index (χ0n) is 41.7. The number of rotatable bonds is 50. The van der Waals surface area contributed by atoms with Crippen molar-refractivity contribution in [1.29, 1.82) is 0 Å². The molecule has 0 saturated heterocycles. The second kappa shape index (κ2) is 51.5. The van der Waals surface area contributed by atoms with Gasteiger partial charge in [-0.25, -0.2) is 0 Å². The largest absolute Gasteiger partial charge is 0.462 e. The number of carbonyl (C=O) groups is 3. The maximum atomic E-state index is 12.8. The molecule has 0 aliphatic heterocycles. The van der Waals surface area contributed by atoms with Crippen molar-refractivity contribution >= 4 is 17.9 Å². The number of hydrogen-bond acceptors (Lipinski definition) is 6. The van der Waals surface area contributed by atoms with Gasteiger partial charge in [0.2, 0.25) is 0 Å². The highest BCUT2D eigenvalue weighted by molar-refractivity contribution is 5.71. The molecular weight excluding hydrogens is 769 g/mol. The molecule has 0 saturated carbocycles. The molecule has 0 aliphatic carbocycles. The number of hydrogen-bond donors (Lipinski definition) is 0. The monoisotopic (exact) mass is 873 g/mol. The second-order valence-electron chi connectivity index (χ2n) is 18.5. The first-order valence-corrected chi connectivity index (χ1v) is 27.3. The number of esters is 3. The molecule has 364 valence electrons. The van der Waals surface area contributed by atoms with Crippen LogP contribution in [-0.4, -0.2) is 37.2 Å². The minimum absolute atomic E-state index is 0.0669. The van der Waals surface area contributed by atoms with Crippen LogP contribution in [0.1, 0.15) is 297 Å². The van der Waals surface area contributed by atoms with Crippen LogP contribution in [-0.2, 0) is 28.6 Å². The first-order valence-electron chi connectivity index (χ1n) is 27.3. The van der Waals surface area contributed by atoms with Gasteiger partial charge in [-0.3, -0.25) is 14.4 Å². The van der Waals surface area contributed by atoms with Crippen LogP contribution >= 0.6 is 0 Å². The quantitative estimate of drug-likeness (QED) is 0.0262. The van der Waals surface area contributed by atoms with Crippen molar-refractivity contribution in [1.82, 2.24) is 0 Å². The Morgan fingerprint density at radius 3 is 0.887 bits per heavy atom. The van der Waals surface area contributed by atoms with E-state index in [2.05, 4.69) is 45.1 Å². The van der Waals surface area contributed by atoms with E-state index in [0.29, 0.717) is 19.3 Å². The third kappa shape index (κ3) is 48.9. The fraction of sp³-hybridized carbons (Fsp3) is 0.875. The van der Waals surface area contributed by atoms with E-state index in [9.17, 15) is 14.4 Å². The van der Waals surface area contributed by atoms with Crippen LogP contribution in [0.2, 0.25) is 0 Å². The SMILES string of the molecule is CCCCCCC/C=C\C/C=C\CCCCCCCCCCCCCC(=O)OCC(COC(=O)CCCCCCCCCCC)OC(=O)CCCCCCCCCCCCCC. The van der Waals surface area contributed by atoms with Crippen LogP contribution in [0.25, 0.3) is 0 Å². The lowest BCUT2D eigenvalue weighted by molar-refractivity contribution is -0.167. The summed E-state index contributed by atoms with van der Waals surface area (Å²) in [4.78, 5) is 37.9. The zero-order valence-corrected chi connectivity index (χ0v) is 41.7. The third-order valence-corrected chi connectivity index (χ3v) is 12.2. The van der Waals surface area contributed by atoms with Gasteiger partial charge < -0.3 is 14.2 Å². The number of unbranched alkanes of at least 4 members (excludes halogenated alkanes) is 35. The van der Waals surface area contributed by atoms with E-state index in [4.69, 9.17) is 14.2 Å². The van der Waals surface area contributed by atoms with Gasteiger partial charge in [-0.05, 0) is 51.4 Å². The summed E-state index contributed by atoms with van der Waals surface area (Å²) in [6.07, 6.45) is 58.9. The molecule has 0 aromatic rings. The van der Waals surface area contributed by atoms with E-state index in [1.807, 2.05) is 0 Å². The van der Waals surface area contributed by atoms with Gasteiger partial charge in [0.15, 0.2) is 6.10 Å². The molecule has 0 aromatic heterocycles. The lowest BCUT2D eigenvalue weighted by atomic mass is 10.0. The Labute approximate surface area is 385 Å². The van der Waals surface area contributed by atoms with Crippen molar-refractivity contribution in [2.75, 3.05) is 13.2 Å². The van der Waals surface area contributed by atoms with Gasteiger partial charge in [0.25, 0.3) is 0 Å². The van der Waals surface area contributed by atoms with Crippen LogP contribution < -0.4 is 0 Å². The molecule has 0 heterocycles. The van der Waals surface area contributed by atoms with E-state index >= 15 is 0 Å². The highest BCUT2D eigenvalue weighted by Crippen LogP contribution is 2.16. The van der Waals surface area contributed by atoms with Crippen molar-refractivity contribution in [3.8, 4) is 0 Å². The molecular formula is C56H104O6. The van der Waals surface area contributed by atoms with Crippen LogP contribution in [0.3, 0.4) is 0 Å². The fourth-order valence-electron chi connectivity index (χ4n) is 8.06. The second-order valence-corrected chi connectivity index (χ2v) is 18.5. The summed E-state index contributed by atoms with van der Waals surface area (Å²) in [6.45, 7) is 6.63. The molecule has 0 bridgehead atoms. The van der Waals surface area contributed by atoms with Gasteiger partial charge in [-0.1, -0.05) is 251 Å². The standard InChI is InChI=1S/C56H104O6/c1-4-7-10-13-16-19-21-23-24-25-26-27-28-29-30-31-32-33-35-37-40-43-46-49-55(58)61-52-53(51-60-54(57)48-45-42-39-36-18-15-12-9-6-3)62-56(59)50-47-44-41-38-34-22-20-17-14-11-8-5-2/h21,23,25-26,53H,4-20,22,24,27-52H2,1-3H3/b23-21-,26-25-. The lowest BCUT2D eigenvalue weighted by Gasteiger charge is -2.18. The summed E-state index contributed by atoms with van der Waals surface area (Å²) in [5, 5.41) is 0. The van der Waals surface area contributed by atoms with E-state index in [1.165, 1.54) is 193 Å². The van der Waals surface area contributed by atoms with Crippen LogP contribution in [0.4, 0.5) is 0 Å². The lowest BCUT2D eigenvalue weighted by Crippen LogP contribution is -2.30. The Hall–Kier alpha value is -2.11. The van der Waals surface area contributed by atoms with Crippen molar-refractivity contribution < 1.29 is 28.6 Å². The van der Waals surface area contributed by atoms with Gasteiger partial charge in [0.05, 0.1) is 0 Å². The fourth-order valence-corrected chi connectivity index (χ4v) is 8.06. The molecule has 0 radical (unpaired) electrons. The first-order chi connectivity index (χ1) is 30.5. The molecule has 0 amide bonds. The number of ether oxygens (including phenoxy) is 3. The topological polar surface area (TPSA) is 78.9 Å². The molecule has 0 fully saturated rings. The number of allylic oxidation sites excluding steroid dienone is 4. The molecule has 1 unspecified atom stereocenters. The summed E-state index contributed by atoms with van der Waals surface area (Å²) in [7, 11) is 0. The average molecular weight is 873 g/mol.